The van der Waals surface area contributed by atoms with E-state index in [1.54, 1.807) is 6.20 Å². The van der Waals surface area contributed by atoms with E-state index in [0.29, 0.717) is 17.7 Å². The average Bonchev–Trinajstić information content (AvgIpc) is 2.97. The van der Waals surface area contributed by atoms with Gasteiger partial charge in [-0.2, -0.15) is 0 Å². The van der Waals surface area contributed by atoms with E-state index in [0.717, 1.165) is 26.1 Å². The molecule has 94 valence electrons. The fourth-order valence-corrected chi connectivity index (χ4v) is 2.62. The number of rotatable bonds is 5. The van der Waals surface area contributed by atoms with Crippen LogP contribution in [0.25, 0.3) is 0 Å². The van der Waals surface area contributed by atoms with Gasteiger partial charge in [-0.25, -0.2) is 4.98 Å². The Balaban J connectivity index is 1.83. The van der Waals surface area contributed by atoms with Gasteiger partial charge in [0.2, 0.25) is 5.91 Å². The second-order valence-corrected chi connectivity index (χ2v) is 4.99. The average molecular weight is 254 g/mol. The first-order valence-corrected chi connectivity index (χ1v) is 6.81. The lowest BCUT2D eigenvalue weighted by Crippen LogP contribution is -2.41. The van der Waals surface area contributed by atoms with Gasteiger partial charge < -0.3 is 10.6 Å². The van der Waals surface area contributed by atoms with Gasteiger partial charge in [-0.1, -0.05) is 6.92 Å². The van der Waals surface area contributed by atoms with Crippen LogP contribution < -0.4 is 10.6 Å². The lowest BCUT2D eigenvalue weighted by atomic mass is 10.2. The second-order valence-electron chi connectivity index (χ2n) is 4.10. The third kappa shape index (κ3) is 3.49. The molecular weight excluding hydrogens is 236 g/mol. The molecule has 2 heterocycles. The molecule has 2 rings (SSSR count). The SMILES string of the molecule is CCN(CC(=O)Nc1nccs1)C1CCNC1. The number of hydrogen-bond acceptors (Lipinski definition) is 5. The maximum Gasteiger partial charge on any atom is 0.240 e. The zero-order valence-electron chi connectivity index (χ0n) is 9.98. The van der Waals surface area contributed by atoms with Gasteiger partial charge in [-0.15, -0.1) is 11.3 Å². The molecular formula is C11H18N4OS. The Kier molecular flexibility index (Phi) is 4.47. The molecule has 1 saturated heterocycles. The van der Waals surface area contributed by atoms with Crippen LogP contribution in [0, 0.1) is 0 Å². The molecule has 0 aliphatic carbocycles. The highest BCUT2D eigenvalue weighted by molar-refractivity contribution is 7.13. The molecule has 1 aliphatic heterocycles. The number of anilines is 1. The summed E-state index contributed by atoms with van der Waals surface area (Å²) in [4.78, 5) is 18.1. The molecule has 1 atom stereocenters. The summed E-state index contributed by atoms with van der Waals surface area (Å²) in [6.45, 7) is 5.47. The highest BCUT2D eigenvalue weighted by atomic mass is 32.1. The van der Waals surface area contributed by atoms with Crippen molar-refractivity contribution in [2.24, 2.45) is 0 Å². The summed E-state index contributed by atoms with van der Waals surface area (Å²) in [5.74, 6) is 0.0219. The smallest absolute Gasteiger partial charge is 0.240 e. The lowest BCUT2D eigenvalue weighted by Gasteiger charge is -2.25. The maximum atomic E-state index is 11.8. The van der Waals surface area contributed by atoms with Crippen LogP contribution in [-0.4, -0.2) is 48.0 Å². The molecule has 1 fully saturated rings. The minimum atomic E-state index is 0.0219. The van der Waals surface area contributed by atoms with E-state index >= 15 is 0 Å². The van der Waals surface area contributed by atoms with E-state index in [4.69, 9.17) is 0 Å². The van der Waals surface area contributed by atoms with E-state index in [9.17, 15) is 4.79 Å². The molecule has 1 unspecified atom stereocenters. The Bertz CT molecular complexity index is 348. The van der Waals surface area contributed by atoms with Crippen molar-refractivity contribution in [2.75, 3.05) is 31.5 Å². The first kappa shape index (κ1) is 12.5. The Morgan fingerprint density at radius 3 is 3.24 bits per heavy atom. The molecule has 2 N–H and O–H groups in total. The van der Waals surface area contributed by atoms with Crippen molar-refractivity contribution in [1.82, 2.24) is 15.2 Å². The highest BCUT2D eigenvalue weighted by Gasteiger charge is 2.22. The molecule has 1 aromatic heterocycles. The topological polar surface area (TPSA) is 57.3 Å². The van der Waals surface area contributed by atoms with Gasteiger partial charge in [0.25, 0.3) is 0 Å². The van der Waals surface area contributed by atoms with Crippen molar-refractivity contribution >= 4 is 22.4 Å². The lowest BCUT2D eigenvalue weighted by molar-refractivity contribution is -0.117. The Morgan fingerprint density at radius 1 is 1.76 bits per heavy atom. The van der Waals surface area contributed by atoms with Crippen molar-refractivity contribution in [3.05, 3.63) is 11.6 Å². The minimum Gasteiger partial charge on any atom is -0.315 e. The molecule has 0 aromatic carbocycles. The van der Waals surface area contributed by atoms with Crippen LogP contribution in [0.2, 0.25) is 0 Å². The van der Waals surface area contributed by atoms with Crippen molar-refractivity contribution in [3.8, 4) is 0 Å². The van der Waals surface area contributed by atoms with Crippen molar-refractivity contribution in [2.45, 2.75) is 19.4 Å². The number of thiazole rings is 1. The molecule has 0 spiro atoms. The van der Waals surface area contributed by atoms with Crippen molar-refractivity contribution < 1.29 is 4.79 Å². The fraction of sp³-hybridized carbons (Fsp3) is 0.636. The van der Waals surface area contributed by atoms with Crippen LogP contribution in [0.3, 0.4) is 0 Å². The summed E-state index contributed by atoms with van der Waals surface area (Å²) in [5, 5.41) is 8.67. The summed E-state index contributed by atoms with van der Waals surface area (Å²) >= 11 is 1.44. The number of nitrogens with one attached hydrogen (secondary N) is 2. The summed E-state index contributed by atoms with van der Waals surface area (Å²) < 4.78 is 0. The van der Waals surface area contributed by atoms with Crippen LogP contribution in [0.1, 0.15) is 13.3 Å². The standard InChI is InChI=1S/C11H18N4OS/c1-2-15(9-3-4-12-7-9)8-10(16)14-11-13-5-6-17-11/h5-6,9,12H,2-4,7-8H2,1H3,(H,13,14,16). The van der Waals surface area contributed by atoms with Gasteiger partial charge in [0.1, 0.15) is 0 Å². The van der Waals surface area contributed by atoms with Gasteiger partial charge in [-0.05, 0) is 19.5 Å². The van der Waals surface area contributed by atoms with E-state index in [1.165, 1.54) is 11.3 Å². The van der Waals surface area contributed by atoms with Crippen LogP contribution in [-0.2, 0) is 4.79 Å². The van der Waals surface area contributed by atoms with Gasteiger partial charge >= 0.3 is 0 Å². The zero-order valence-corrected chi connectivity index (χ0v) is 10.8. The summed E-state index contributed by atoms with van der Waals surface area (Å²) in [6, 6.07) is 0.488. The molecule has 5 nitrogen and oxygen atoms in total. The van der Waals surface area contributed by atoms with E-state index in [2.05, 4.69) is 27.4 Å². The number of hydrogen-bond donors (Lipinski definition) is 2. The first-order valence-electron chi connectivity index (χ1n) is 5.93. The molecule has 17 heavy (non-hydrogen) atoms. The van der Waals surface area contributed by atoms with Crippen LogP contribution >= 0.6 is 11.3 Å². The quantitative estimate of drug-likeness (QED) is 0.815. The fourth-order valence-electron chi connectivity index (χ4n) is 2.08. The van der Waals surface area contributed by atoms with Crippen LogP contribution in [0.15, 0.2) is 11.6 Å². The number of aromatic nitrogens is 1. The first-order chi connectivity index (χ1) is 8.29. The Hall–Kier alpha value is -0.980. The van der Waals surface area contributed by atoms with E-state index in [1.807, 2.05) is 5.38 Å². The Labute approximate surface area is 105 Å². The van der Waals surface area contributed by atoms with Crippen molar-refractivity contribution in [1.29, 1.82) is 0 Å². The van der Waals surface area contributed by atoms with Gasteiger partial charge in [0, 0.05) is 24.2 Å². The van der Waals surface area contributed by atoms with Gasteiger partial charge in [0.15, 0.2) is 5.13 Å². The third-order valence-corrected chi connectivity index (χ3v) is 3.67. The largest absolute Gasteiger partial charge is 0.315 e. The van der Waals surface area contributed by atoms with E-state index < -0.39 is 0 Å². The van der Waals surface area contributed by atoms with Crippen LogP contribution in [0.4, 0.5) is 5.13 Å². The highest BCUT2D eigenvalue weighted by Crippen LogP contribution is 2.11. The number of amides is 1. The summed E-state index contributed by atoms with van der Waals surface area (Å²) in [5.41, 5.74) is 0. The number of likely N-dealkylation sites (N-methyl/N-ethyl adjacent to an activating group) is 1. The van der Waals surface area contributed by atoms with Gasteiger partial charge in [0.05, 0.1) is 6.54 Å². The monoisotopic (exact) mass is 254 g/mol. The number of carbonyl (C=O) groups excluding carboxylic acids is 1. The van der Waals surface area contributed by atoms with Gasteiger partial charge in [-0.3, -0.25) is 9.69 Å². The predicted molar refractivity (Wildman–Crippen MR) is 69.3 cm³/mol. The molecule has 1 amide bonds. The van der Waals surface area contributed by atoms with E-state index in [-0.39, 0.29) is 5.91 Å². The Morgan fingerprint density at radius 2 is 2.65 bits per heavy atom. The van der Waals surface area contributed by atoms with Crippen LogP contribution in [0.5, 0.6) is 0 Å². The molecule has 0 saturated carbocycles. The van der Waals surface area contributed by atoms with Crippen molar-refractivity contribution in [3.63, 3.8) is 0 Å². The molecule has 6 heteroatoms. The third-order valence-electron chi connectivity index (χ3n) is 2.98. The number of carbonyl (C=O) groups is 1. The molecule has 1 aliphatic rings. The molecule has 0 bridgehead atoms. The number of nitrogens with zero attached hydrogens (tertiary/aromatic N) is 2. The molecule has 0 radical (unpaired) electrons. The minimum absolute atomic E-state index is 0.0219. The zero-order chi connectivity index (χ0) is 12.1. The molecule has 1 aromatic rings. The maximum absolute atomic E-state index is 11.8. The summed E-state index contributed by atoms with van der Waals surface area (Å²) in [6.07, 6.45) is 2.82. The predicted octanol–water partition coefficient (Wildman–Crippen LogP) is 0.765. The summed E-state index contributed by atoms with van der Waals surface area (Å²) in [7, 11) is 0. The normalized spacial score (nSPS) is 19.8. The second kappa shape index (κ2) is 6.09.